The maximum Gasteiger partial charge on any atom is 0.508 e. The first kappa shape index (κ1) is 30.1. The Labute approximate surface area is 236 Å². The summed E-state index contributed by atoms with van der Waals surface area (Å²) in [7, 11) is 0.777. The van der Waals surface area contributed by atoms with E-state index in [1.807, 2.05) is 25.8 Å². The summed E-state index contributed by atoms with van der Waals surface area (Å²) in [5.74, 6) is 0.815. The molecule has 40 heavy (non-hydrogen) atoms. The van der Waals surface area contributed by atoms with E-state index in [1.165, 1.54) is 0 Å². The van der Waals surface area contributed by atoms with Crippen molar-refractivity contribution >= 4 is 34.7 Å². The first-order valence-electron chi connectivity index (χ1n) is 13.9. The molecule has 1 aliphatic carbocycles. The molecule has 0 amide bonds. The number of nitrogens with zero attached hydrogens (tertiary/aromatic N) is 4. The number of anilines is 3. The summed E-state index contributed by atoms with van der Waals surface area (Å²) in [6, 6.07) is 1.82. The fourth-order valence-electron chi connectivity index (χ4n) is 4.98. The minimum absolute atomic E-state index is 0.0158. The molecule has 1 saturated carbocycles. The zero-order valence-electron chi connectivity index (χ0n) is 23.6. The second kappa shape index (κ2) is 14.2. The van der Waals surface area contributed by atoms with Gasteiger partial charge in [0.25, 0.3) is 0 Å². The van der Waals surface area contributed by atoms with Gasteiger partial charge in [-0.1, -0.05) is 13.8 Å². The molecule has 4 atom stereocenters. The molecule has 12 nitrogen and oxygen atoms in total. The van der Waals surface area contributed by atoms with Crippen molar-refractivity contribution in [2.75, 3.05) is 36.2 Å². The number of carbonyl (C=O) groups is 1. The van der Waals surface area contributed by atoms with Crippen LogP contribution < -0.4 is 14.9 Å². The highest BCUT2D eigenvalue weighted by atomic mass is 32.2. The van der Waals surface area contributed by atoms with Crippen molar-refractivity contribution in [3.63, 3.8) is 0 Å². The molecular weight excluding hydrogens is 541 g/mol. The maximum absolute atomic E-state index is 15.6. The highest BCUT2D eigenvalue weighted by Crippen LogP contribution is 2.30. The summed E-state index contributed by atoms with van der Waals surface area (Å²) in [6.45, 7) is 6.52. The first-order chi connectivity index (χ1) is 19.2. The van der Waals surface area contributed by atoms with E-state index < -0.39 is 29.6 Å². The molecule has 2 aromatic heterocycles. The van der Waals surface area contributed by atoms with Crippen LogP contribution in [0.1, 0.15) is 63.8 Å². The van der Waals surface area contributed by atoms with Crippen LogP contribution >= 0.6 is 0 Å². The van der Waals surface area contributed by atoms with Gasteiger partial charge in [0.1, 0.15) is 18.4 Å². The Morgan fingerprint density at radius 3 is 2.73 bits per heavy atom. The smallest absolute Gasteiger partial charge is 0.431 e. The van der Waals surface area contributed by atoms with E-state index in [0.29, 0.717) is 43.5 Å². The number of hydrogen-bond acceptors (Lipinski definition) is 10. The molecule has 0 spiro atoms. The molecule has 4 unspecified atom stereocenters. The van der Waals surface area contributed by atoms with Crippen molar-refractivity contribution in [1.29, 1.82) is 0 Å². The van der Waals surface area contributed by atoms with Gasteiger partial charge in [-0.15, -0.1) is 0 Å². The monoisotopic (exact) mass is 581 g/mol. The van der Waals surface area contributed by atoms with Crippen molar-refractivity contribution in [1.82, 2.24) is 24.9 Å². The van der Waals surface area contributed by atoms with Crippen LogP contribution in [0, 0.1) is 18.7 Å². The minimum atomic E-state index is -1.09. The molecule has 3 heterocycles. The Balaban J connectivity index is 1.55. The van der Waals surface area contributed by atoms with E-state index in [1.54, 1.807) is 6.07 Å². The van der Waals surface area contributed by atoms with Crippen LogP contribution in [0.3, 0.4) is 0 Å². The number of hydrogen-bond donors (Lipinski definition) is 3. The number of aryl methyl sites for hydroxylation is 1. The van der Waals surface area contributed by atoms with Crippen LogP contribution in [-0.2, 0) is 31.8 Å². The van der Waals surface area contributed by atoms with Gasteiger partial charge in [0.05, 0.1) is 24.2 Å². The summed E-state index contributed by atoms with van der Waals surface area (Å²) in [5.41, 5.74) is 0.711. The molecule has 1 aliphatic heterocycles. The van der Waals surface area contributed by atoms with E-state index >= 15 is 4.39 Å². The predicted octanol–water partition coefficient (Wildman–Crippen LogP) is 3.88. The van der Waals surface area contributed by atoms with Gasteiger partial charge >= 0.3 is 6.16 Å². The van der Waals surface area contributed by atoms with E-state index in [0.717, 1.165) is 31.4 Å². The van der Waals surface area contributed by atoms with E-state index in [4.69, 9.17) is 14.2 Å². The number of halogens is 1. The Morgan fingerprint density at radius 1 is 1.25 bits per heavy atom. The lowest BCUT2D eigenvalue weighted by Gasteiger charge is -2.31. The highest BCUT2D eigenvalue weighted by molar-refractivity contribution is 7.82. The average molecular weight is 582 g/mol. The van der Waals surface area contributed by atoms with E-state index in [-0.39, 0.29) is 35.6 Å². The van der Waals surface area contributed by atoms with Gasteiger partial charge in [0.15, 0.2) is 17.5 Å². The Morgan fingerprint density at radius 2 is 2.02 bits per heavy atom. The topological polar surface area (TPSA) is 144 Å². The van der Waals surface area contributed by atoms with Gasteiger partial charge in [-0.25, -0.2) is 23.1 Å². The first-order valence-corrected chi connectivity index (χ1v) is 15.2. The summed E-state index contributed by atoms with van der Waals surface area (Å²) in [6.07, 6.45) is 3.53. The maximum atomic E-state index is 15.6. The summed E-state index contributed by atoms with van der Waals surface area (Å²) < 4.78 is 47.0. The fourth-order valence-corrected chi connectivity index (χ4v) is 5.73. The molecule has 2 fully saturated rings. The number of ether oxygens (including phenoxy) is 3. The second-order valence-corrected chi connectivity index (χ2v) is 12.0. The quantitative estimate of drug-likeness (QED) is 0.279. The molecule has 3 N–H and O–H groups in total. The number of rotatable bonds is 10. The van der Waals surface area contributed by atoms with Gasteiger partial charge in [0.2, 0.25) is 5.95 Å². The van der Waals surface area contributed by atoms with Crippen LogP contribution in [0.4, 0.5) is 26.8 Å². The zero-order valence-corrected chi connectivity index (χ0v) is 24.4. The number of H-pyrrole nitrogens is 1. The third-order valence-corrected chi connectivity index (χ3v) is 8.40. The zero-order chi connectivity index (χ0) is 28.6. The molecule has 222 valence electrons. The van der Waals surface area contributed by atoms with Crippen molar-refractivity contribution in [3.05, 3.63) is 23.3 Å². The predicted molar refractivity (Wildman–Crippen MR) is 149 cm³/mol. The molecule has 0 bridgehead atoms. The molecule has 2 aromatic rings. The SMILES string of the molecule is CCS(=O)NC1CCC(C)CC(N(C)c2nc(COC(=O)OC3CCOCC3)c(F)c(Nc3cc(C)[nH]n3)n2)C1. The lowest BCUT2D eigenvalue weighted by atomic mass is 10.00. The van der Waals surface area contributed by atoms with Gasteiger partial charge in [-0.2, -0.15) is 10.1 Å². The van der Waals surface area contributed by atoms with Crippen LogP contribution in [0.25, 0.3) is 0 Å². The molecule has 0 aromatic carbocycles. The molecular formula is C26H40FN7O5S. The van der Waals surface area contributed by atoms with E-state index in [2.05, 4.69) is 37.1 Å². The number of nitrogens with one attached hydrogen (secondary N) is 3. The summed E-state index contributed by atoms with van der Waals surface area (Å²) in [5, 5.41) is 9.85. The summed E-state index contributed by atoms with van der Waals surface area (Å²) >= 11 is 0. The Hall–Kier alpha value is -2.84. The lowest BCUT2D eigenvalue weighted by Crippen LogP contribution is -2.40. The molecule has 2 aliphatic rings. The molecule has 14 heteroatoms. The Bertz CT molecular complexity index is 1160. The normalized spacial score (nSPS) is 22.8. The van der Waals surface area contributed by atoms with Gasteiger partial charge < -0.3 is 24.4 Å². The molecule has 0 radical (unpaired) electrons. The van der Waals surface area contributed by atoms with Crippen molar-refractivity contribution in [2.45, 2.75) is 84.1 Å². The lowest BCUT2D eigenvalue weighted by molar-refractivity contribution is -0.0303. The number of aromatic nitrogens is 4. The molecule has 1 saturated heterocycles. The van der Waals surface area contributed by atoms with Crippen molar-refractivity contribution < 1.29 is 27.6 Å². The average Bonchev–Trinajstić information content (AvgIpc) is 3.26. The van der Waals surface area contributed by atoms with Gasteiger partial charge in [-0.3, -0.25) is 5.10 Å². The van der Waals surface area contributed by atoms with Crippen molar-refractivity contribution in [3.8, 4) is 0 Å². The number of aromatic amines is 1. The van der Waals surface area contributed by atoms with Crippen LogP contribution in [0.5, 0.6) is 0 Å². The highest BCUT2D eigenvalue weighted by Gasteiger charge is 2.30. The van der Waals surface area contributed by atoms with Crippen LogP contribution in [-0.4, -0.2) is 74.7 Å². The van der Waals surface area contributed by atoms with Crippen LogP contribution in [0.2, 0.25) is 0 Å². The van der Waals surface area contributed by atoms with Crippen molar-refractivity contribution in [2.24, 2.45) is 5.92 Å². The standard InChI is InChI=1S/C26H40FN7O5S/c1-5-40(36)33-18-7-6-16(2)12-19(14-18)34(4)25-28-21(15-38-26(35)39-20-8-10-37-11-9-20)23(27)24(30-25)29-22-13-17(3)31-32-22/h13,16,18-20,33H,5-12,14-15H2,1-4H3,(H2,28,29,30,31,32). The third kappa shape index (κ3) is 8.33. The summed E-state index contributed by atoms with van der Waals surface area (Å²) in [4.78, 5) is 23.2. The fraction of sp³-hybridized carbons (Fsp3) is 0.692. The second-order valence-electron chi connectivity index (χ2n) is 10.5. The number of carbonyl (C=O) groups excluding carboxylic acids is 1. The van der Waals surface area contributed by atoms with Gasteiger partial charge in [0, 0.05) is 49.5 Å². The third-order valence-electron chi connectivity index (χ3n) is 7.28. The Kier molecular flexibility index (Phi) is 10.7. The van der Waals surface area contributed by atoms with Crippen LogP contribution in [0.15, 0.2) is 6.07 Å². The van der Waals surface area contributed by atoms with Gasteiger partial charge in [-0.05, 0) is 38.5 Å². The van der Waals surface area contributed by atoms with E-state index in [9.17, 15) is 9.00 Å². The minimum Gasteiger partial charge on any atom is -0.431 e. The largest absolute Gasteiger partial charge is 0.508 e. The molecule has 4 rings (SSSR count).